The smallest absolute Gasteiger partial charge is 0.243 e. The van der Waals surface area contributed by atoms with Crippen LogP contribution < -0.4 is 11.1 Å². The average molecular weight is 511 g/mol. The minimum atomic E-state index is -0.497. The third-order valence-corrected chi connectivity index (χ3v) is 7.69. The molecule has 4 atom stereocenters. The van der Waals surface area contributed by atoms with E-state index in [4.69, 9.17) is 17.3 Å². The molecule has 1 unspecified atom stereocenters. The predicted molar refractivity (Wildman–Crippen MR) is 145 cm³/mol. The van der Waals surface area contributed by atoms with Gasteiger partial charge >= 0.3 is 0 Å². The summed E-state index contributed by atoms with van der Waals surface area (Å²) in [6.07, 6.45) is 4.06. The Balaban J connectivity index is 1.50. The molecule has 0 radical (unpaired) electrons. The van der Waals surface area contributed by atoms with E-state index < -0.39 is 6.04 Å². The first kappa shape index (κ1) is 26.6. The zero-order chi connectivity index (χ0) is 25.7. The van der Waals surface area contributed by atoms with E-state index in [2.05, 4.69) is 48.3 Å². The molecule has 2 saturated heterocycles. The lowest BCUT2D eigenvalue weighted by atomic mass is 9.99. The van der Waals surface area contributed by atoms with Gasteiger partial charge in [0.1, 0.15) is 6.04 Å². The van der Waals surface area contributed by atoms with Gasteiger partial charge in [-0.1, -0.05) is 67.9 Å². The van der Waals surface area contributed by atoms with Gasteiger partial charge in [0.2, 0.25) is 11.8 Å². The Labute approximate surface area is 220 Å². The molecule has 6 nitrogen and oxygen atoms in total. The minimum Gasteiger partial charge on any atom is -0.350 e. The van der Waals surface area contributed by atoms with Gasteiger partial charge in [0.05, 0.1) is 6.04 Å². The molecular formula is C29H39ClN4O2. The molecule has 2 aromatic rings. The van der Waals surface area contributed by atoms with E-state index in [0.29, 0.717) is 31.0 Å². The van der Waals surface area contributed by atoms with Crippen molar-refractivity contribution in [3.63, 3.8) is 0 Å². The fraction of sp³-hybridized carbons (Fsp3) is 0.517. The monoisotopic (exact) mass is 510 g/mol. The van der Waals surface area contributed by atoms with E-state index in [1.165, 1.54) is 5.56 Å². The van der Waals surface area contributed by atoms with Crippen LogP contribution in [0, 0.1) is 5.92 Å². The lowest BCUT2D eigenvalue weighted by molar-refractivity contribution is -0.143. The van der Waals surface area contributed by atoms with Crippen LogP contribution in [0.4, 0.5) is 0 Å². The largest absolute Gasteiger partial charge is 0.350 e. The highest BCUT2D eigenvalue weighted by atomic mass is 35.5. The van der Waals surface area contributed by atoms with Crippen molar-refractivity contribution in [1.82, 2.24) is 15.1 Å². The molecule has 7 heteroatoms. The van der Waals surface area contributed by atoms with E-state index in [9.17, 15) is 9.59 Å². The number of aryl methyl sites for hydroxylation is 1. The zero-order valence-electron chi connectivity index (χ0n) is 21.4. The molecule has 0 aliphatic carbocycles. The number of halogens is 1. The maximum absolute atomic E-state index is 13.9. The van der Waals surface area contributed by atoms with Crippen molar-refractivity contribution in [2.75, 3.05) is 13.1 Å². The van der Waals surface area contributed by atoms with Crippen molar-refractivity contribution < 1.29 is 9.59 Å². The Kier molecular flexibility index (Phi) is 9.04. The zero-order valence-corrected chi connectivity index (χ0v) is 22.2. The van der Waals surface area contributed by atoms with E-state index in [0.717, 1.165) is 31.4 Å². The summed E-state index contributed by atoms with van der Waals surface area (Å²) < 4.78 is 0. The third kappa shape index (κ3) is 6.67. The van der Waals surface area contributed by atoms with Crippen molar-refractivity contribution in [2.45, 2.75) is 76.7 Å². The third-order valence-electron chi connectivity index (χ3n) is 7.45. The second-order valence-corrected chi connectivity index (χ2v) is 11.1. The number of hydrogen-bond donors (Lipinski definition) is 2. The lowest BCUT2D eigenvalue weighted by Crippen LogP contribution is -2.53. The summed E-state index contributed by atoms with van der Waals surface area (Å²) >= 11 is 6.11. The molecule has 3 N–H and O–H groups in total. The van der Waals surface area contributed by atoms with Gasteiger partial charge in [0, 0.05) is 36.7 Å². The SMILES string of the molecule is CC(C)C[C@H](C(=O)NCc1cccc(Cl)c1)N1CCC(CCc2ccccc2)N2C[C@H](N)C[C@H]2C1=O. The first-order chi connectivity index (χ1) is 17.3. The van der Waals surface area contributed by atoms with Crippen LogP contribution in [-0.2, 0) is 22.6 Å². The fourth-order valence-electron chi connectivity index (χ4n) is 5.67. The van der Waals surface area contributed by atoms with Gasteiger partial charge in [-0.3, -0.25) is 14.5 Å². The molecule has 2 aliphatic heterocycles. The molecule has 2 heterocycles. The van der Waals surface area contributed by atoms with E-state index in [1.807, 2.05) is 35.2 Å². The van der Waals surface area contributed by atoms with Crippen molar-refractivity contribution in [2.24, 2.45) is 11.7 Å². The molecule has 2 aliphatic rings. The van der Waals surface area contributed by atoms with Crippen LogP contribution in [0.2, 0.25) is 5.02 Å². The summed E-state index contributed by atoms with van der Waals surface area (Å²) in [5.41, 5.74) is 8.61. The summed E-state index contributed by atoms with van der Waals surface area (Å²) in [6, 6.07) is 17.5. The van der Waals surface area contributed by atoms with Crippen LogP contribution in [0.1, 0.15) is 50.7 Å². The molecule has 2 aromatic carbocycles. The van der Waals surface area contributed by atoms with Crippen LogP contribution in [0.15, 0.2) is 54.6 Å². The van der Waals surface area contributed by atoms with Crippen molar-refractivity contribution in [3.8, 4) is 0 Å². The maximum Gasteiger partial charge on any atom is 0.243 e. The number of nitrogens with zero attached hydrogens (tertiary/aromatic N) is 2. The second-order valence-electron chi connectivity index (χ2n) is 10.7. The van der Waals surface area contributed by atoms with Gasteiger partial charge in [0.25, 0.3) is 0 Å². The van der Waals surface area contributed by atoms with Crippen LogP contribution in [0.3, 0.4) is 0 Å². The number of hydrogen-bond acceptors (Lipinski definition) is 4. The highest BCUT2D eigenvalue weighted by Crippen LogP contribution is 2.30. The van der Waals surface area contributed by atoms with Crippen LogP contribution in [-0.4, -0.2) is 58.9 Å². The molecule has 0 aromatic heterocycles. The standard InChI is InChI=1S/C29H39ClN4O2/c1-20(2)15-26(28(35)32-18-22-9-6-10-23(30)16-22)33-14-13-25(12-11-21-7-4-3-5-8-21)34-19-24(31)17-27(34)29(33)36/h3-10,16,20,24-27H,11-15,17-19,31H2,1-2H3,(H,32,35)/t24-,25?,26-,27+/m1/s1. The Bertz CT molecular complexity index is 1030. The number of amides is 2. The highest BCUT2D eigenvalue weighted by molar-refractivity contribution is 6.30. The Morgan fingerprint density at radius 3 is 2.61 bits per heavy atom. The fourth-order valence-corrected chi connectivity index (χ4v) is 5.88. The number of nitrogens with two attached hydrogens (primary N) is 1. The minimum absolute atomic E-state index is 0.0154. The number of rotatable bonds is 9. The van der Waals surface area contributed by atoms with Crippen LogP contribution in [0.5, 0.6) is 0 Å². The lowest BCUT2D eigenvalue weighted by Gasteiger charge is -2.33. The van der Waals surface area contributed by atoms with E-state index >= 15 is 0 Å². The summed E-state index contributed by atoms with van der Waals surface area (Å²) in [5.74, 6) is 0.223. The second kappa shape index (κ2) is 12.2. The van der Waals surface area contributed by atoms with Gasteiger partial charge in [-0.25, -0.2) is 0 Å². The van der Waals surface area contributed by atoms with Gasteiger partial charge in [-0.15, -0.1) is 0 Å². The highest BCUT2D eigenvalue weighted by Gasteiger charge is 2.45. The summed E-state index contributed by atoms with van der Waals surface area (Å²) in [5, 5.41) is 3.71. The van der Waals surface area contributed by atoms with Gasteiger partial charge in [-0.05, 0) is 61.3 Å². The van der Waals surface area contributed by atoms with Crippen molar-refractivity contribution in [3.05, 3.63) is 70.7 Å². The number of nitrogens with one attached hydrogen (secondary N) is 1. The van der Waals surface area contributed by atoms with E-state index in [-0.39, 0.29) is 35.9 Å². The summed E-state index contributed by atoms with van der Waals surface area (Å²) in [7, 11) is 0. The molecule has 0 spiro atoms. The number of fused-ring (bicyclic) bond motifs is 1. The summed E-state index contributed by atoms with van der Waals surface area (Å²) in [4.78, 5) is 31.5. The molecule has 0 bridgehead atoms. The molecule has 2 amide bonds. The number of benzene rings is 2. The van der Waals surface area contributed by atoms with E-state index in [1.54, 1.807) is 0 Å². The normalized spacial score (nSPS) is 23.4. The number of carbonyl (C=O) groups is 2. The Morgan fingerprint density at radius 1 is 1.14 bits per heavy atom. The topological polar surface area (TPSA) is 78.7 Å². The van der Waals surface area contributed by atoms with Crippen LogP contribution >= 0.6 is 11.6 Å². The van der Waals surface area contributed by atoms with Crippen LogP contribution in [0.25, 0.3) is 0 Å². The predicted octanol–water partition coefficient (Wildman–Crippen LogP) is 4.01. The van der Waals surface area contributed by atoms with Gasteiger partial charge < -0.3 is 16.0 Å². The first-order valence-corrected chi connectivity index (χ1v) is 13.6. The molecule has 2 fully saturated rings. The number of carbonyl (C=O) groups excluding carboxylic acids is 2. The Hall–Kier alpha value is -2.41. The van der Waals surface area contributed by atoms with Crippen molar-refractivity contribution >= 4 is 23.4 Å². The summed E-state index contributed by atoms with van der Waals surface area (Å²) in [6.45, 7) is 5.90. The molecule has 4 rings (SSSR count). The Morgan fingerprint density at radius 2 is 1.89 bits per heavy atom. The van der Waals surface area contributed by atoms with Gasteiger partial charge in [-0.2, -0.15) is 0 Å². The maximum atomic E-state index is 13.9. The quantitative estimate of drug-likeness (QED) is 0.534. The van der Waals surface area contributed by atoms with Crippen molar-refractivity contribution in [1.29, 1.82) is 0 Å². The first-order valence-electron chi connectivity index (χ1n) is 13.2. The average Bonchev–Trinajstić information content (AvgIpc) is 3.20. The van der Waals surface area contributed by atoms with Gasteiger partial charge in [0.15, 0.2) is 0 Å². The molecule has 36 heavy (non-hydrogen) atoms. The molecular weight excluding hydrogens is 472 g/mol. The molecule has 0 saturated carbocycles. The molecule has 194 valence electrons.